The van der Waals surface area contributed by atoms with E-state index in [2.05, 4.69) is 150 Å². The van der Waals surface area contributed by atoms with Gasteiger partial charge in [-0.15, -0.1) is 23.8 Å². The molecule has 1 N–H and O–H groups in total. The second kappa shape index (κ2) is 17.5. The SMILES string of the molecule is [2H]C(C)(C)c1ccc(-n2c(-c3ccccc3O)nc3c(-c4[c-]c(-c5cc(-c6ccc(-c7ccccc7)cc6)ccn5)cc(-c5ccccc5)c4)cccc32)c(-c2ccccc2)c1.[Pt]. The van der Waals surface area contributed by atoms with Crippen LogP contribution in [0, 0.1) is 6.07 Å². The molecule has 0 atom stereocenters. The number of fused-ring (bicyclic) bond motifs is 1. The van der Waals surface area contributed by atoms with Gasteiger partial charge in [0.05, 0.1) is 22.3 Å². The van der Waals surface area contributed by atoms with Crippen LogP contribution in [-0.2, 0) is 21.1 Å². The number of hydrogen-bond donors (Lipinski definition) is 1. The van der Waals surface area contributed by atoms with Crippen molar-refractivity contribution in [1.82, 2.24) is 14.5 Å². The molecule has 0 aliphatic rings. The smallest absolute Gasteiger partial charge is 0.148 e. The third-order valence-electron chi connectivity index (χ3n) is 11.4. The zero-order valence-corrected chi connectivity index (χ0v) is 36.5. The Bertz CT molecular complexity index is 3210. The fraction of sp³-hybridized carbons (Fsp3) is 0.0526. The number of phenolic OH excluding ortho intramolecular Hbond substituents is 1. The maximum Gasteiger partial charge on any atom is 0.148 e. The third kappa shape index (κ3) is 7.82. The van der Waals surface area contributed by atoms with E-state index in [4.69, 9.17) is 11.3 Å². The molecular formula is C57H42N3OPt-. The van der Waals surface area contributed by atoms with E-state index in [1.54, 1.807) is 6.07 Å². The minimum atomic E-state index is -0.814. The van der Waals surface area contributed by atoms with Crippen LogP contribution in [-0.4, -0.2) is 19.6 Å². The zero-order valence-electron chi connectivity index (χ0n) is 35.2. The molecule has 8 aromatic carbocycles. The van der Waals surface area contributed by atoms with Crippen LogP contribution in [0.1, 0.15) is 26.7 Å². The van der Waals surface area contributed by atoms with Gasteiger partial charge in [-0.2, -0.15) is 0 Å². The van der Waals surface area contributed by atoms with Crippen LogP contribution in [0.5, 0.6) is 5.75 Å². The van der Waals surface area contributed by atoms with Gasteiger partial charge in [0, 0.05) is 39.9 Å². The van der Waals surface area contributed by atoms with E-state index in [0.29, 0.717) is 11.4 Å². The monoisotopic (exact) mass is 980 g/mol. The number of rotatable bonds is 9. The van der Waals surface area contributed by atoms with Gasteiger partial charge in [0.2, 0.25) is 0 Å². The largest absolute Gasteiger partial charge is 0.507 e. The Hall–Kier alpha value is -7.13. The van der Waals surface area contributed by atoms with E-state index < -0.39 is 5.89 Å². The molecule has 0 aliphatic carbocycles. The van der Waals surface area contributed by atoms with Crippen molar-refractivity contribution in [3.63, 3.8) is 0 Å². The minimum Gasteiger partial charge on any atom is -0.507 e. The van der Waals surface area contributed by atoms with Crippen LogP contribution >= 0.6 is 0 Å². The third-order valence-corrected chi connectivity index (χ3v) is 11.4. The van der Waals surface area contributed by atoms with Crippen LogP contribution in [0.25, 0.3) is 95.0 Å². The normalized spacial score (nSPS) is 11.5. The molecule has 0 bridgehead atoms. The second-order valence-electron chi connectivity index (χ2n) is 15.5. The summed E-state index contributed by atoms with van der Waals surface area (Å²) in [5, 5.41) is 11.4. The topological polar surface area (TPSA) is 50.9 Å². The molecule has 0 radical (unpaired) electrons. The number of pyridine rings is 1. The first-order valence-electron chi connectivity index (χ1n) is 21.0. The molecule has 2 aromatic heterocycles. The van der Waals surface area contributed by atoms with Crippen molar-refractivity contribution in [3.8, 4) is 89.7 Å². The number of hydrogen-bond acceptors (Lipinski definition) is 3. The predicted octanol–water partition coefficient (Wildman–Crippen LogP) is 14.7. The molecule has 10 aromatic rings. The van der Waals surface area contributed by atoms with E-state index >= 15 is 0 Å². The Morgan fingerprint density at radius 1 is 0.516 bits per heavy atom. The molecule has 0 saturated heterocycles. The van der Waals surface area contributed by atoms with E-state index in [1.807, 2.05) is 74.6 Å². The van der Waals surface area contributed by atoms with Gasteiger partial charge in [0.1, 0.15) is 11.6 Å². The van der Waals surface area contributed by atoms with Crippen molar-refractivity contribution in [2.75, 3.05) is 0 Å². The van der Waals surface area contributed by atoms with Gasteiger partial charge >= 0.3 is 0 Å². The van der Waals surface area contributed by atoms with Gasteiger partial charge in [-0.25, -0.2) is 4.98 Å². The summed E-state index contributed by atoms with van der Waals surface area (Å²) in [5.74, 6) is -0.0742. The zero-order chi connectivity index (χ0) is 42.2. The molecule has 4 nitrogen and oxygen atoms in total. The maximum absolute atomic E-state index is 11.4. The summed E-state index contributed by atoms with van der Waals surface area (Å²) in [7, 11) is 0. The van der Waals surface area contributed by atoms with Crippen LogP contribution in [0.15, 0.2) is 206 Å². The summed E-state index contributed by atoms with van der Waals surface area (Å²) in [6.07, 6.45) is 1.87. The number of aromatic nitrogens is 3. The van der Waals surface area contributed by atoms with Crippen molar-refractivity contribution in [3.05, 3.63) is 218 Å². The molecule has 5 heteroatoms. The average Bonchev–Trinajstić information content (AvgIpc) is 3.71. The Balaban J connectivity index is 0.00000504. The molecule has 0 unspecified atom stereocenters. The maximum atomic E-state index is 11.4. The predicted molar refractivity (Wildman–Crippen MR) is 252 cm³/mol. The van der Waals surface area contributed by atoms with Gasteiger partial charge in [-0.3, -0.25) is 9.55 Å². The number of phenols is 1. The molecule has 0 fully saturated rings. The van der Waals surface area contributed by atoms with Gasteiger partial charge in [-0.1, -0.05) is 182 Å². The Morgan fingerprint density at radius 2 is 1.10 bits per heavy atom. The van der Waals surface area contributed by atoms with E-state index in [-0.39, 0.29) is 26.8 Å². The number of imidazole rings is 1. The van der Waals surface area contributed by atoms with Gasteiger partial charge in [-0.05, 0) is 81.2 Å². The summed E-state index contributed by atoms with van der Waals surface area (Å²) >= 11 is 0. The van der Waals surface area contributed by atoms with Crippen LogP contribution in [0.2, 0.25) is 0 Å². The van der Waals surface area contributed by atoms with Crippen molar-refractivity contribution < 1.29 is 27.5 Å². The second-order valence-corrected chi connectivity index (χ2v) is 15.5. The van der Waals surface area contributed by atoms with E-state index in [0.717, 1.165) is 78.0 Å². The van der Waals surface area contributed by atoms with Crippen LogP contribution < -0.4 is 0 Å². The Kier molecular flexibility index (Phi) is 11.0. The fourth-order valence-corrected chi connectivity index (χ4v) is 8.19. The fourth-order valence-electron chi connectivity index (χ4n) is 8.19. The molecule has 62 heavy (non-hydrogen) atoms. The average molecular weight is 981 g/mol. The summed E-state index contributed by atoms with van der Waals surface area (Å²) < 4.78 is 11.1. The number of aromatic hydroxyl groups is 1. The minimum absolute atomic E-state index is 0. The molecule has 0 amide bonds. The summed E-state index contributed by atoms with van der Waals surface area (Å²) in [4.78, 5) is 10.3. The van der Waals surface area contributed by atoms with Gasteiger partial charge in [0.15, 0.2) is 0 Å². The first-order chi connectivity index (χ1) is 30.3. The molecule has 0 saturated carbocycles. The molecular weight excluding hydrogens is 938 g/mol. The van der Waals surface area contributed by atoms with E-state index in [1.165, 1.54) is 11.1 Å². The molecule has 0 aliphatic heterocycles. The Labute approximate surface area is 378 Å². The number of benzene rings is 8. The van der Waals surface area contributed by atoms with Gasteiger partial charge < -0.3 is 5.11 Å². The van der Waals surface area contributed by atoms with Crippen molar-refractivity contribution in [2.24, 2.45) is 0 Å². The van der Waals surface area contributed by atoms with Crippen molar-refractivity contribution in [2.45, 2.75) is 19.7 Å². The first kappa shape index (κ1) is 39.0. The molecule has 0 spiro atoms. The standard InChI is InChI=1S/C57H42N3O.Pt/c1-38(2)44-29-30-53(51(36-44)43-19-10-5-11-20-43)60-54-23-14-22-49(56(54)59-57(60)50-21-12-13-24-55(50)61)47-33-46(40-17-8-4-9-18-40)34-48(35-47)52-37-45(31-32-58-52)42-27-25-41(26-28-42)39-15-6-3-7-16-39;/h3-34,36-38,61H,1-2H3;/q-1;/i38D;. The number of para-hydroxylation sites is 2. The summed E-state index contributed by atoms with van der Waals surface area (Å²) in [6.45, 7) is 3.82. The quantitative estimate of drug-likeness (QED) is 0.147. The van der Waals surface area contributed by atoms with Crippen LogP contribution in [0.3, 0.4) is 0 Å². The summed E-state index contributed by atoms with van der Waals surface area (Å²) in [6, 6.07) is 71.9. The van der Waals surface area contributed by atoms with Crippen molar-refractivity contribution >= 4 is 11.0 Å². The van der Waals surface area contributed by atoms with Crippen molar-refractivity contribution in [1.29, 1.82) is 0 Å². The summed E-state index contributed by atoms with van der Waals surface area (Å²) in [5.41, 5.74) is 16.1. The number of nitrogens with zero attached hydrogens (tertiary/aromatic N) is 3. The molecule has 10 rings (SSSR count). The van der Waals surface area contributed by atoms with E-state index in [9.17, 15) is 5.11 Å². The Morgan fingerprint density at radius 3 is 1.77 bits per heavy atom. The molecule has 2 heterocycles. The van der Waals surface area contributed by atoms with Gasteiger partial charge in [0.25, 0.3) is 0 Å². The van der Waals surface area contributed by atoms with Crippen LogP contribution in [0.4, 0.5) is 0 Å². The first-order valence-corrected chi connectivity index (χ1v) is 20.5. The molecule has 302 valence electrons.